The van der Waals surface area contributed by atoms with E-state index < -0.39 is 17.4 Å². The number of furan rings is 1. The number of benzene rings is 1. The molecule has 0 saturated heterocycles. The van der Waals surface area contributed by atoms with E-state index in [0.29, 0.717) is 10.4 Å². The van der Waals surface area contributed by atoms with Crippen molar-refractivity contribution >= 4 is 33.5 Å². The van der Waals surface area contributed by atoms with Gasteiger partial charge in [0.25, 0.3) is 11.5 Å². The Kier molecular flexibility index (Phi) is 5.51. The summed E-state index contributed by atoms with van der Waals surface area (Å²) in [6, 6.07) is 12.7. The van der Waals surface area contributed by atoms with Crippen LogP contribution in [0.5, 0.6) is 0 Å². The Balaban J connectivity index is 2.04. The van der Waals surface area contributed by atoms with Crippen LogP contribution in [0, 0.1) is 0 Å². The minimum absolute atomic E-state index is 0.00363. The van der Waals surface area contributed by atoms with Crippen molar-refractivity contribution in [3.8, 4) is 5.69 Å². The first-order valence-corrected chi connectivity index (χ1v) is 8.72. The van der Waals surface area contributed by atoms with Crippen LogP contribution in [0.25, 0.3) is 5.69 Å². The molecule has 1 amide bonds. The summed E-state index contributed by atoms with van der Waals surface area (Å²) in [6.07, 6.45) is 0. The lowest BCUT2D eigenvalue weighted by Crippen LogP contribution is -2.27. The Morgan fingerprint density at radius 3 is 2.59 bits per heavy atom. The normalized spacial score (nSPS) is 10.4. The number of halogens is 1. The molecule has 1 N–H and O–H groups in total. The van der Waals surface area contributed by atoms with E-state index in [-0.39, 0.29) is 23.7 Å². The Morgan fingerprint density at radius 1 is 1.22 bits per heavy atom. The zero-order valence-electron chi connectivity index (χ0n) is 14.1. The van der Waals surface area contributed by atoms with Crippen LogP contribution in [0.15, 0.2) is 62.4 Å². The number of nitrogens with one attached hydrogen (secondary N) is 1. The molecule has 0 bridgehead atoms. The summed E-state index contributed by atoms with van der Waals surface area (Å²) in [5.74, 6) is -1.40. The van der Waals surface area contributed by atoms with Crippen molar-refractivity contribution in [1.29, 1.82) is 0 Å². The van der Waals surface area contributed by atoms with Crippen LogP contribution in [-0.2, 0) is 4.74 Å². The molecule has 3 aromatic rings. The second kappa shape index (κ2) is 8.00. The fraction of sp³-hybridized carbons (Fsp3) is 0.111. The molecule has 0 fully saturated rings. The van der Waals surface area contributed by atoms with Gasteiger partial charge in [-0.25, -0.2) is 4.79 Å². The molecule has 0 aliphatic carbocycles. The highest BCUT2D eigenvalue weighted by Gasteiger charge is 2.21. The molecule has 9 heteroatoms. The molecular formula is C18H14BrN3O5. The number of anilines is 1. The standard InChI is InChI=1S/C18H14BrN3O5/c1-2-26-18(25)16-12(20-17(24)13-8-9-14(19)27-13)10-15(23)22(21-16)11-6-4-3-5-7-11/h3-10H,2H2,1H3,(H,20,24). The third-order valence-corrected chi connectivity index (χ3v) is 3.87. The van der Waals surface area contributed by atoms with Gasteiger partial charge >= 0.3 is 5.97 Å². The Bertz CT molecular complexity index is 1040. The largest absolute Gasteiger partial charge is 0.461 e. The van der Waals surface area contributed by atoms with Gasteiger partial charge < -0.3 is 14.5 Å². The maximum absolute atomic E-state index is 12.5. The maximum Gasteiger partial charge on any atom is 0.360 e. The van der Waals surface area contributed by atoms with E-state index >= 15 is 0 Å². The summed E-state index contributed by atoms with van der Waals surface area (Å²) in [5, 5.41) is 6.56. The van der Waals surface area contributed by atoms with E-state index in [1.165, 1.54) is 6.07 Å². The fourth-order valence-corrected chi connectivity index (χ4v) is 2.58. The first kappa shape index (κ1) is 18.6. The minimum atomic E-state index is -0.766. The van der Waals surface area contributed by atoms with Gasteiger partial charge in [-0.05, 0) is 47.1 Å². The van der Waals surface area contributed by atoms with Crippen molar-refractivity contribution in [2.24, 2.45) is 0 Å². The SMILES string of the molecule is CCOC(=O)c1nn(-c2ccccc2)c(=O)cc1NC(=O)c1ccc(Br)o1. The number of carbonyl (C=O) groups excluding carboxylic acids is 2. The molecule has 2 aromatic heterocycles. The predicted octanol–water partition coefficient (Wildman–Crippen LogP) is 3.02. The molecule has 3 rings (SSSR count). The van der Waals surface area contributed by atoms with Crippen LogP contribution < -0.4 is 10.9 Å². The lowest BCUT2D eigenvalue weighted by molar-refractivity contribution is 0.0518. The molecule has 138 valence electrons. The van der Waals surface area contributed by atoms with Crippen molar-refractivity contribution in [3.05, 3.63) is 75.0 Å². The molecule has 0 aliphatic heterocycles. The molecule has 8 nitrogen and oxygen atoms in total. The van der Waals surface area contributed by atoms with Crippen LogP contribution in [0.3, 0.4) is 0 Å². The molecule has 27 heavy (non-hydrogen) atoms. The van der Waals surface area contributed by atoms with Gasteiger partial charge in [0.05, 0.1) is 18.0 Å². The number of hydrogen-bond donors (Lipinski definition) is 1. The van der Waals surface area contributed by atoms with Crippen molar-refractivity contribution in [3.63, 3.8) is 0 Å². The lowest BCUT2D eigenvalue weighted by atomic mass is 10.3. The van der Waals surface area contributed by atoms with Gasteiger partial charge in [0.1, 0.15) is 0 Å². The maximum atomic E-state index is 12.5. The molecule has 0 radical (unpaired) electrons. The zero-order chi connectivity index (χ0) is 19.4. The van der Waals surface area contributed by atoms with Gasteiger partial charge in [-0.3, -0.25) is 9.59 Å². The van der Waals surface area contributed by atoms with Crippen LogP contribution in [0.4, 0.5) is 5.69 Å². The Hall–Kier alpha value is -3.20. The first-order valence-electron chi connectivity index (χ1n) is 7.93. The van der Waals surface area contributed by atoms with E-state index in [2.05, 4.69) is 26.3 Å². The summed E-state index contributed by atoms with van der Waals surface area (Å²) in [7, 11) is 0. The van der Waals surface area contributed by atoms with Gasteiger partial charge in [0, 0.05) is 6.07 Å². The van der Waals surface area contributed by atoms with Crippen molar-refractivity contribution in [2.75, 3.05) is 11.9 Å². The number of amides is 1. The topological polar surface area (TPSA) is 103 Å². The summed E-state index contributed by atoms with van der Waals surface area (Å²) in [4.78, 5) is 37.1. The molecule has 0 atom stereocenters. The van der Waals surface area contributed by atoms with Crippen LogP contribution in [0.2, 0.25) is 0 Å². The number of carbonyl (C=O) groups is 2. The third-order valence-electron chi connectivity index (χ3n) is 3.45. The summed E-state index contributed by atoms with van der Waals surface area (Å²) in [6.45, 7) is 1.76. The molecule has 0 aliphatic rings. The molecular weight excluding hydrogens is 418 g/mol. The van der Waals surface area contributed by atoms with E-state index in [9.17, 15) is 14.4 Å². The number of esters is 1. The van der Waals surface area contributed by atoms with Crippen LogP contribution in [0.1, 0.15) is 28.0 Å². The monoisotopic (exact) mass is 431 g/mol. The molecule has 1 aromatic carbocycles. The first-order chi connectivity index (χ1) is 13.0. The summed E-state index contributed by atoms with van der Waals surface area (Å²) >= 11 is 3.10. The van der Waals surface area contributed by atoms with Gasteiger partial charge in [-0.15, -0.1) is 0 Å². The number of nitrogens with zero attached hydrogens (tertiary/aromatic N) is 2. The highest BCUT2D eigenvalue weighted by atomic mass is 79.9. The molecule has 0 saturated carbocycles. The van der Waals surface area contributed by atoms with Crippen LogP contribution >= 0.6 is 15.9 Å². The number of para-hydroxylation sites is 1. The molecule has 0 unspecified atom stereocenters. The highest BCUT2D eigenvalue weighted by Crippen LogP contribution is 2.18. The quantitative estimate of drug-likeness (QED) is 0.622. The van der Waals surface area contributed by atoms with E-state index in [1.807, 2.05) is 0 Å². The number of rotatable bonds is 5. The van der Waals surface area contributed by atoms with E-state index in [4.69, 9.17) is 9.15 Å². The Morgan fingerprint density at radius 2 is 1.96 bits per heavy atom. The average molecular weight is 432 g/mol. The Labute approximate surface area is 161 Å². The highest BCUT2D eigenvalue weighted by molar-refractivity contribution is 9.10. The van der Waals surface area contributed by atoms with E-state index in [0.717, 1.165) is 10.7 Å². The minimum Gasteiger partial charge on any atom is -0.461 e. The van der Waals surface area contributed by atoms with E-state index in [1.54, 1.807) is 43.3 Å². The number of ether oxygens (including phenoxy) is 1. The van der Waals surface area contributed by atoms with Crippen molar-refractivity contribution in [1.82, 2.24) is 9.78 Å². The van der Waals surface area contributed by atoms with Crippen LogP contribution in [-0.4, -0.2) is 28.3 Å². The average Bonchev–Trinajstić information content (AvgIpc) is 3.09. The molecule has 2 heterocycles. The van der Waals surface area contributed by atoms with Crippen molar-refractivity contribution in [2.45, 2.75) is 6.92 Å². The fourth-order valence-electron chi connectivity index (χ4n) is 2.28. The van der Waals surface area contributed by atoms with Gasteiger partial charge in [0.2, 0.25) is 0 Å². The second-order valence-electron chi connectivity index (χ2n) is 5.27. The zero-order valence-corrected chi connectivity index (χ0v) is 15.7. The number of hydrogen-bond acceptors (Lipinski definition) is 6. The van der Waals surface area contributed by atoms with Gasteiger partial charge in [-0.1, -0.05) is 18.2 Å². The summed E-state index contributed by atoms with van der Waals surface area (Å²) in [5.41, 5.74) is -0.312. The number of aromatic nitrogens is 2. The predicted molar refractivity (Wildman–Crippen MR) is 100 cm³/mol. The second-order valence-corrected chi connectivity index (χ2v) is 6.05. The third kappa shape index (κ3) is 4.14. The smallest absolute Gasteiger partial charge is 0.360 e. The summed E-state index contributed by atoms with van der Waals surface area (Å²) < 4.78 is 11.6. The van der Waals surface area contributed by atoms with Crippen molar-refractivity contribution < 1.29 is 18.7 Å². The van der Waals surface area contributed by atoms with Gasteiger partial charge in [-0.2, -0.15) is 9.78 Å². The molecule has 0 spiro atoms. The van der Waals surface area contributed by atoms with Gasteiger partial charge in [0.15, 0.2) is 16.1 Å². The lowest BCUT2D eigenvalue weighted by Gasteiger charge is -2.11.